The largest absolute Gasteiger partial charge is 0.492 e. The molecular weight excluding hydrogens is 529 g/mol. The summed E-state index contributed by atoms with van der Waals surface area (Å²) in [4.78, 5) is 25.7. The summed E-state index contributed by atoms with van der Waals surface area (Å²) in [6, 6.07) is 0. The molecule has 3 unspecified atom stereocenters. The highest BCUT2D eigenvalue weighted by Gasteiger charge is 2.46. The van der Waals surface area contributed by atoms with E-state index in [0.29, 0.717) is 0 Å². The van der Waals surface area contributed by atoms with Gasteiger partial charge in [-0.3, -0.25) is 37.0 Å². The highest BCUT2D eigenvalue weighted by Crippen LogP contribution is 2.72. The van der Waals surface area contributed by atoms with Gasteiger partial charge in [0.05, 0.1) is 24.9 Å². The summed E-state index contributed by atoms with van der Waals surface area (Å²) in [5.41, 5.74) is -1.75. The number of aromatic amines is 1. The van der Waals surface area contributed by atoms with Crippen LogP contribution in [0.3, 0.4) is 0 Å². The Labute approximate surface area is 192 Å². The van der Waals surface area contributed by atoms with Crippen LogP contribution in [0, 0.1) is 0 Å². The Morgan fingerprint density at radius 2 is 1.59 bits per heavy atom. The molecule has 0 amide bonds. The van der Waals surface area contributed by atoms with Crippen LogP contribution in [0.4, 0.5) is 0 Å². The molecule has 0 bridgehead atoms. The van der Waals surface area contributed by atoms with Gasteiger partial charge in [0.25, 0.3) is 5.56 Å². The molecule has 0 aromatic carbocycles. The maximum Gasteiger partial charge on any atom is 0.492 e. The lowest BCUT2D eigenvalue weighted by molar-refractivity contribution is -0.0459. The van der Waals surface area contributed by atoms with Crippen molar-refractivity contribution in [1.82, 2.24) is 9.55 Å². The second-order valence-corrected chi connectivity index (χ2v) is 12.2. The Kier molecular flexibility index (Phi) is 10.1. The van der Waals surface area contributed by atoms with E-state index in [1.165, 1.54) is 0 Å². The number of hydrogen-bond donors (Lipinski definition) is 3. The Balaban J connectivity index is 2.13. The van der Waals surface area contributed by atoms with E-state index >= 15 is 0 Å². The summed E-state index contributed by atoms with van der Waals surface area (Å²) >= 11 is 0. The summed E-state index contributed by atoms with van der Waals surface area (Å²) < 4.78 is 76.4. The lowest BCUT2D eigenvalue weighted by Crippen LogP contribution is -2.34. The molecule has 1 saturated heterocycles. The fraction of sp³-hybridized carbons (Fsp3) is 0.714. The smallest absolute Gasteiger partial charge is 0.391 e. The van der Waals surface area contributed by atoms with Crippen LogP contribution in [0.25, 0.3) is 0 Å². The van der Waals surface area contributed by atoms with E-state index in [2.05, 4.69) is 22.4 Å². The zero-order valence-electron chi connectivity index (χ0n) is 18.4. The molecule has 0 saturated carbocycles. The molecule has 0 aliphatic carbocycles. The predicted molar refractivity (Wildman–Crippen MR) is 111 cm³/mol. The fourth-order valence-corrected chi connectivity index (χ4v) is 7.08. The van der Waals surface area contributed by atoms with Crippen molar-refractivity contribution in [3.8, 4) is 0 Å². The van der Waals surface area contributed by atoms with Crippen LogP contribution in [0.5, 0.6) is 0 Å². The molecule has 1 aromatic heterocycles. The van der Waals surface area contributed by atoms with Crippen molar-refractivity contribution in [2.24, 2.45) is 0 Å². The molecule has 1 fully saturated rings. The van der Waals surface area contributed by atoms with E-state index in [1.807, 2.05) is 4.98 Å². The first-order chi connectivity index (χ1) is 15.9. The maximum absolute atomic E-state index is 12.8. The summed E-state index contributed by atoms with van der Waals surface area (Å²) in [6.45, 7) is -1.31. The first-order valence-corrected chi connectivity index (χ1v) is 13.6. The quantitative estimate of drug-likeness (QED) is 0.285. The first-order valence-electron chi connectivity index (χ1n) is 9.26. The van der Waals surface area contributed by atoms with Crippen molar-refractivity contribution >= 4 is 23.5 Å². The number of aliphatic hydroxyl groups excluding tert-OH is 2. The number of H-pyrrole nitrogens is 1. The molecule has 17 nitrogen and oxygen atoms in total. The highest BCUT2D eigenvalue weighted by atomic mass is 31.3. The Morgan fingerprint density at radius 3 is 2.12 bits per heavy atom. The van der Waals surface area contributed by atoms with Crippen molar-refractivity contribution in [3.05, 3.63) is 32.6 Å². The van der Waals surface area contributed by atoms with Gasteiger partial charge in [-0.1, -0.05) is 0 Å². The number of ether oxygens (including phenoxy) is 1. The molecular formula is C14H25N2O15P3. The van der Waals surface area contributed by atoms with Crippen LogP contribution < -0.4 is 11.2 Å². The van der Waals surface area contributed by atoms with Crippen molar-refractivity contribution in [1.29, 1.82) is 0 Å². The van der Waals surface area contributed by atoms with Gasteiger partial charge in [-0.15, -0.1) is 0 Å². The molecule has 196 valence electrons. The molecule has 1 aliphatic rings. The minimum absolute atomic E-state index is 0.116. The van der Waals surface area contributed by atoms with Crippen LogP contribution >= 0.6 is 23.5 Å². The van der Waals surface area contributed by atoms with Crippen molar-refractivity contribution in [2.45, 2.75) is 31.5 Å². The van der Waals surface area contributed by atoms with Crippen molar-refractivity contribution < 1.29 is 59.9 Å². The molecule has 2 heterocycles. The number of aliphatic hydroxyl groups is 2. The number of nitrogens with one attached hydrogen (secondary N) is 1. The second-order valence-electron chi connectivity index (χ2n) is 6.44. The van der Waals surface area contributed by atoms with Crippen molar-refractivity contribution in [3.63, 3.8) is 0 Å². The normalized spacial score (nSPS) is 24.6. The third-order valence-electron chi connectivity index (χ3n) is 4.42. The van der Waals surface area contributed by atoms with Crippen LogP contribution in [0.15, 0.2) is 15.8 Å². The molecule has 5 atom stereocenters. The van der Waals surface area contributed by atoms with E-state index in [4.69, 9.17) is 13.6 Å². The highest BCUT2D eigenvalue weighted by molar-refractivity contribution is 7.67. The lowest BCUT2D eigenvalue weighted by Gasteiger charge is -2.24. The van der Waals surface area contributed by atoms with E-state index in [9.17, 15) is 33.5 Å². The maximum atomic E-state index is 12.8. The summed E-state index contributed by atoms with van der Waals surface area (Å²) in [7, 11) is -10.5. The second kappa shape index (κ2) is 11.8. The van der Waals surface area contributed by atoms with Crippen LogP contribution in [0.2, 0.25) is 0 Å². The molecule has 3 N–H and O–H groups in total. The summed E-state index contributed by atoms with van der Waals surface area (Å²) in [5, 5.41) is 19.5. The zero-order valence-corrected chi connectivity index (χ0v) is 21.1. The fourth-order valence-electron chi connectivity index (χ4n) is 2.63. The zero-order chi connectivity index (χ0) is 25.7. The minimum atomic E-state index is -4.88. The number of rotatable bonds is 13. The molecule has 1 aromatic rings. The summed E-state index contributed by atoms with van der Waals surface area (Å²) in [5.74, 6) is 0. The third kappa shape index (κ3) is 7.02. The Morgan fingerprint density at radius 1 is 1.03 bits per heavy atom. The monoisotopic (exact) mass is 554 g/mol. The molecule has 20 heteroatoms. The minimum Gasteiger partial charge on any atom is -0.391 e. The van der Waals surface area contributed by atoms with Crippen LogP contribution in [-0.2, 0) is 56.3 Å². The van der Waals surface area contributed by atoms with Gasteiger partial charge < -0.3 is 14.9 Å². The van der Waals surface area contributed by atoms with Gasteiger partial charge in [-0.25, -0.2) is 18.5 Å². The summed E-state index contributed by atoms with van der Waals surface area (Å²) in [6.07, 6.45) is -2.60. The van der Waals surface area contributed by atoms with E-state index in [1.54, 1.807) is 0 Å². The lowest BCUT2D eigenvalue weighted by atomic mass is 10.2. The first kappa shape index (κ1) is 29.2. The Hall–Kier alpha value is -1.03. The van der Waals surface area contributed by atoms with Crippen molar-refractivity contribution in [2.75, 3.05) is 35.0 Å². The van der Waals surface area contributed by atoms with Gasteiger partial charge in [-0.05, 0) is 0 Å². The topological polar surface area (TPSA) is 220 Å². The molecule has 0 radical (unpaired) electrons. The Bertz CT molecular complexity index is 1090. The average molecular weight is 554 g/mol. The van der Waals surface area contributed by atoms with Gasteiger partial charge in [0.15, 0.2) is 0 Å². The molecule has 0 spiro atoms. The SMILES string of the molecule is COP(=O)(OC)OP(=O)(OC)OP(=O)(OC)OC[C@H]1O[C@@H](n2cc(CO)c(=O)[nH]c2=O)CC1O. The van der Waals surface area contributed by atoms with Crippen LogP contribution in [-0.4, -0.2) is 67.0 Å². The molecule has 1 aliphatic heterocycles. The number of aromatic nitrogens is 2. The van der Waals surface area contributed by atoms with E-state index in [-0.39, 0.29) is 12.0 Å². The molecule has 2 rings (SSSR count). The van der Waals surface area contributed by atoms with Gasteiger partial charge in [0, 0.05) is 41.1 Å². The number of phosphoric ester groups is 2. The van der Waals surface area contributed by atoms with E-state index in [0.717, 1.165) is 39.2 Å². The molecule has 34 heavy (non-hydrogen) atoms. The number of nitrogens with zero attached hydrogens (tertiary/aromatic N) is 1. The van der Waals surface area contributed by atoms with Gasteiger partial charge in [-0.2, -0.15) is 8.62 Å². The average Bonchev–Trinajstić information content (AvgIpc) is 3.17. The number of phosphoric acid groups is 3. The van der Waals surface area contributed by atoms with E-state index < -0.39 is 66.4 Å². The van der Waals surface area contributed by atoms with Gasteiger partial charge in [0.2, 0.25) is 0 Å². The van der Waals surface area contributed by atoms with Gasteiger partial charge >= 0.3 is 29.2 Å². The standard InChI is InChI=1S/C14H25N2O15P3/c1-24-32(21,25-2)30-34(23,27-4)31-33(22,26-3)28-8-11-10(18)5-12(29-11)16-6-9(7-17)13(19)15-14(16)20/h6,10-12,17-18H,5,7-8H2,1-4H3,(H,15,19,20)/t10?,11-,12-,33?,34?/m1/s1. The number of hydrogen-bond acceptors (Lipinski definition) is 15. The third-order valence-corrected chi connectivity index (χ3v) is 9.87. The van der Waals surface area contributed by atoms with Crippen LogP contribution in [0.1, 0.15) is 18.2 Å². The van der Waals surface area contributed by atoms with Gasteiger partial charge in [0.1, 0.15) is 12.3 Å². The predicted octanol–water partition coefficient (Wildman–Crippen LogP) is 0.637.